The van der Waals surface area contributed by atoms with Crippen LogP contribution in [0.3, 0.4) is 0 Å². The summed E-state index contributed by atoms with van der Waals surface area (Å²) in [5.41, 5.74) is 1.17. The van der Waals surface area contributed by atoms with E-state index in [1.165, 1.54) is 5.56 Å². The summed E-state index contributed by atoms with van der Waals surface area (Å²) in [6.45, 7) is 7.27. The van der Waals surface area contributed by atoms with Gasteiger partial charge in [0.2, 0.25) is 0 Å². The van der Waals surface area contributed by atoms with Crippen LogP contribution in [0.15, 0.2) is 24.3 Å². The van der Waals surface area contributed by atoms with Crippen molar-refractivity contribution in [3.63, 3.8) is 0 Å². The van der Waals surface area contributed by atoms with Crippen LogP contribution >= 0.6 is 0 Å². The molecule has 0 spiro atoms. The summed E-state index contributed by atoms with van der Waals surface area (Å²) in [7, 11) is 0. The van der Waals surface area contributed by atoms with E-state index in [1.54, 1.807) is 0 Å². The predicted molar refractivity (Wildman–Crippen MR) is 64.6 cm³/mol. The van der Waals surface area contributed by atoms with Crippen LogP contribution in [0.2, 0.25) is 0 Å². The fourth-order valence-electron chi connectivity index (χ4n) is 1.39. The smallest absolute Gasteiger partial charge is 0.137 e. The van der Waals surface area contributed by atoms with E-state index in [1.807, 2.05) is 31.2 Å². The maximum Gasteiger partial charge on any atom is 0.137 e. The maximum atomic E-state index is 9.67. The third-order valence-electron chi connectivity index (χ3n) is 2.31. The van der Waals surface area contributed by atoms with Crippen LogP contribution in [0, 0.1) is 6.92 Å². The standard InChI is InChI=1S/C13H21NO2/c1-10(2)14-8-12(15)9-16-13-6-4-5-11(3)7-13/h4-7,10,12,14-15H,8-9H2,1-3H3/p+1. The fourth-order valence-corrected chi connectivity index (χ4v) is 1.39. The number of aliphatic hydroxyl groups is 1. The van der Waals surface area contributed by atoms with Crippen LogP contribution in [-0.4, -0.2) is 30.4 Å². The van der Waals surface area contributed by atoms with Gasteiger partial charge < -0.3 is 15.2 Å². The Morgan fingerprint density at radius 3 is 2.75 bits per heavy atom. The fraction of sp³-hybridized carbons (Fsp3) is 0.538. The molecule has 0 aliphatic carbocycles. The van der Waals surface area contributed by atoms with Gasteiger partial charge in [0.05, 0.1) is 6.04 Å². The lowest BCUT2D eigenvalue weighted by molar-refractivity contribution is -0.688. The summed E-state index contributed by atoms with van der Waals surface area (Å²) in [4.78, 5) is 0. The monoisotopic (exact) mass is 224 g/mol. The molecule has 0 amide bonds. The molecule has 16 heavy (non-hydrogen) atoms. The van der Waals surface area contributed by atoms with E-state index in [0.29, 0.717) is 19.2 Å². The Hall–Kier alpha value is -1.06. The number of benzene rings is 1. The molecule has 1 aromatic carbocycles. The third kappa shape index (κ3) is 5.14. The van der Waals surface area contributed by atoms with Gasteiger partial charge in [-0.25, -0.2) is 0 Å². The molecule has 3 heteroatoms. The molecule has 90 valence electrons. The molecule has 0 heterocycles. The van der Waals surface area contributed by atoms with Crippen LogP contribution in [0.25, 0.3) is 0 Å². The zero-order valence-electron chi connectivity index (χ0n) is 10.3. The lowest BCUT2D eigenvalue weighted by Crippen LogP contribution is -2.90. The van der Waals surface area contributed by atoms with E-state index in [4.69, 9.17) is 4.74 Å². The minimum absolute atomic E-state index is 0.354. The molecule has 0 saturated carbocycles. The highest BCUT2D eigenvalue weighted by Gasteiger charge is 2.08. The summed E-state index contributed by atoms with van der Waals surface area (Å²) in [5, 5.41) is 11.8. The summed E-state index contributed by atoms with van der Waals surface area (Å²) in [6, 6.07) is 8.37. The van der Waals surface area contributed by atoms with Crippen LogP contribution in [0.1, 0.15) is 19.4 Å². The van der Waals surface area contributed by atoms with E-state index < -0.39 is 6.10 Å². The Balaban J connectivity index is 2.28. The van der Waals surface area contributed by atoms with Gasteiger partial charge in [0.25, 0.3) is 0 Å². The van der Waals surface area contributed by atoms with Crippen molar-refractivity contribution in [3.05, 3.63) is 29.8 Å². The van der Waals surface area contributed by atoms with E-state index in [-0.39, 0.29) is 0 Å². The third-order valence-corrected chi connectivity index (χ3v) is 2.31. The van der Waals surface area contributed by atoms with Gasteiger partial charge >= 0.3 is 0 Å². The summed E-state index contributed by atoms with van der Waals surface area (Å²) in [5.74, 6) is 0.823. The van der Waals surface area contributed by atoms with Gasteiger partial charge in [0.15, 0.2) is 0 Å². The Morgan fingerprint density at radius 2 is 2.12 bits per heavy atom. The number of hydrogen-bond donors (Lipinski definition) is 2. The van der Waals surface area contributed by atoms with Gasteiger partial charge in [0.1, 0.15) is 25.0 Å². The van der Waals surface area contributed by atoms with Crippen molar-refractivity contribution >= 4 is 0 Å². The molecule has 0 fully saturated rings. The van der Waals surface area contributed by atoms with E-state index in [0.717, 1.165) is 5.75 Å². The molecule has 3 nitrogen and oxygen atoms in total. The zero-order valence-corrected chi connectivity index (χ0v) is 10.3. The molecular weight excluding hydrogens is 202 g/mol. The average molecular weight is 224 g/mol. The molecule has 0 aromatic heterocycles. The van der Waals surface area contributed by atoms with Crippen LogP contribution in [-0.2, 0) is 0 Å². The highest BCUT2D eigenvalue weighted by atomic mass is 16.5. The molecule has 0 radical (unpaired) electrons. The highest BCUT2D eigenvalue weighted by Crippen LogP contribution is 2.12. The summed E-state index contributed by atoms with van der Waals surface area (Å²) < 4.78 is 5.51. The molecule has 0 aliphatic rings. The first-order chi connectivity index (χ1) is 7.58. The Kier molecular flexibility index (Phi) is 5.29. The van der Waals surface area contributed by atoms with Gasteiger partial charge in [-0.05, 0) is 38.5 Å². The van der Waals surface area contributed by atoms with Crippen molar-refractivity contribution in [2.24, 2.45) is 0 Å². The van der Waals surface area contributed by atoms with Crippen molar-refractivity contribution < 1.29 is 15.2 Å². The first-order valence-electron chi connectivity index (χ1n) is 5.79. The minimum atomic E-state index is -0.414. The van der Waals surface area contributed by atoms with Crippen LogP contribution in [0.4, 0.5) is 0 Å². The second-order valence-corrected chi connectivity index (χ2v) is 4.50. The van der Waals surface area contributed by atoms with Crippen molar-refractivity contribution in [1.29, 1.82) is 0 Å². The molecular formula is C13H22NO2+. The van der Waals surface area contributed by atoms with Gasteiger partial charge in [-0.1, -0.05) is 12.1 Å². The van der Waals surface area contributed by atoms with Gasteiger partial charge in [0, 0.05) is 0 Å². The first kappa shape index (κ1) is 13.0. The van der Waals surface area contributed by atoms with E-state index >= 15 is 0 Å². The molecule has 1 atom stereocenters. The Labute approximate surface area is 97.4 Å². The van der Waals surface area contributed by atoms with Gasteiger partial charge in [-0.15, -0.1) is 0 Å². The van der Waals surface area contributed by atoms with Crippen molar-refractivity contribution in [2.45, 2.75) is 32.9 Å². The number of ether oxygens (including phenoxy) is 1. The van der Waals surface area contributed by atoms with Crippen molar-refractivity contribution in [1.82, 2.24) is 0 Å². The molecule has 3 N–H and O–H groups in total. The molecule has 1 rings (SSSR count). The quantitative estimate of drug-likeness (QED) is 0.747. The molecule has 1 aromatic rings. The number of quaternary nitrogens is 1. The van der Waals surface area contributed by atoms with Crippen LogP contribution in [0.5, 0.6) is 5.75 Å². The number of aliphatic hydroxyl groups excluding tert-OH is 1. The van der Waals surface area contributed by atoms with Gasteiger partial charge in [-0.2, -0.15) is 0 Å². The lowest BCUT2D eigenvalue weighted by atomic mass is 10.2. The van der Waals surface area contributed by atoms with Crippen LogP contribution < -0.4 is 10.1 Å². The predicted octanol–water partition coefficient (Wildman–Crippen LogP) is 0.707. The van der Waals surface area contributed by atoms with E-state index in [2.05, 4.69) is 19.2 Å². The van der Waals surface area contributed by atoms with Gasteiger partial charge in [-0.3, -0.25) is 0 Å². The van der Waals surface area contributed by atoms with Crippen molar-refractivity contribution in [2.75, 3.05) is 13.2 Å². The normalized spacial score (nSPS) is 12.8. The topological polar surface area (TPSA) is 46.1 Å². The van der Waals surface area contributed by atoms with E-state index in [9.17, 15) is 5.11 Å². The average Bonchev–Trinajstić information content (AvgIpc) is 2.23. The zero-order chi connectivity index (χ0) is 12.0. The largest absolute Gasteiger partial charge is 0.491 e. The number of rotatable bonds is 6. The minimum Gasteiger partial charge on any atom is -0.491 e. The van der Waals surface area contributed by atoms with Crippen molar-refractivity contribution in [3.8, 4) is 5.75 Å². The highest BCUT2D eigenvalue weighted by molar-refractivity contribution is 5.27. The second-order valence-electron chi connectivity index (χ2n) is 4.50. The number of aryl methyl sites for hydroxylation is 1. The number of hydrogen-bond acceptors (Lipinski definition) is 2. The Bertz CT molecular complexity index is 313. The number of nitrogens with two attached hydrogens (primary N) is 1. The molecule has 1 unspecified atom stereocenters. The summed E-state index contributed by atoms with van der Waals surface area (Å²) >= 11 is 0. The Morgan fingerprint density at radius 1 is 1.38 bits per heavy atom. The molecule has 0 saturated heterocycles. The SMILES string of the molecule is Cc1cccc(OCC(O)C[NH2+]C(C)C)c1. The lowest BCUT2D eigenvalue weighted by Gasteiger charge is -2.13. The maximum absolute atomic E-state index is 9.67. The first-order valence-corrected chi connectivity index (χ1v) is 5.79. The second kappa shape index (κ2) is 6.51. The summed E-state index contributed by atoms with van der Waals surface area (Å²) in [6.07, 6.45) is -0.414. The molecule has 0 bridgehead atoms. The molecule has 0 aliphatic heterocycles.